The van der Waals surface area contributed by atoms with E-state index in [0.29, 0.717) is 0 Å². The summed E-state index contributed by atoms with van der Waals surface area (Å²) in [5.74, 6) is 0. The monoisotopic (exact) mass is 196 g/mol. The molecule has 0 atom stereocenters. The second-order valence-electron chi connectivity index (χ2n) is 2.86. The smallest absolute Gasteiger partial charge is 0.317 e. The molecular weight excluding hydrogens is 183 g/mol. The van der Waals surface area contributed by atoms with Gasteiger partial charge >= 0.3 is 6.80 Å². The van der Waals surface area contributed by atoms with Crippen LogP contribution in [0.25, 0.3) is 0 Å². The van der Waals surface area contributed by atoms with E-state index < -0.39 is 6.80 Å². The van der Waals surface area contributed by atoms with Crippen LogP contribution in [-0.2, 0) is 4.57 Å². The molecule has 1 fully saturated rings. The average Bonchev–Trinajstić information content (AvgIpc) is 1.85. The van der Waals surface area contributed by atoms with Gasteiger partial charge in [-0.3, -0.25) is 0 Å². The highest BCUT2D eigenvalue weighted by Gasteiger charge is 2.23. The van der Waals surface area contributed by atoms with Crippen molar-refractivity contribution >= 4 is 18.2 Å². The highest BCUT2D eigenvalue weighted by atomic mass is 32.7. The van der Waals surface area contributed by atoms with E-state index in [9.17, 15) is 4.57 Å². The molecule has 1 aliphatic rings. The first kappa shape index (κ1) is 9.59. The van der Waals surface area contributed by atoms with Crippen LogP contribution in [0.5, 0.6) is 0 Å². The van der Waals surface area contributed by atoms with Gasteiger partial charge in [0, 0.05) is 5.25 Å². The highest BCUT2D eigenvalue weighted by molar-refractivity contribution is 8.54. The van der Waals surface area contributed by atoms with E-state index in [1.165, 1.54) is 6.42 Å². The average molecular weight is 196 g/mol. The molecule has 0 aromatic rings. The first-order valence-corrected chi connectivity index (χ1v) is 6.91. The summed E-state index contributed by atoms with van der Waals surface area (Å²) in [5.41, 5.74) is 0. The second-order valence-corrected chi connectivity index (χ2v) is 6.77. The Balaban J connectivity index is 2.30. The van der Waals surface area contributed by atoms with E-state index in [2.05, 4.69) is 0 Å². The van der Waals surface area contributed by atoms with Gasteiger partial charge in [0.05, 0.1) is 0 Å². The number of hydrogen-bond acceptors (Lipinski definition) is 2. The molecule has 3 nitrogen and oxygen atoms in total. The van der Waals surface area contributed by atoms with E-state index >= 15 is 0 Å². The van der Waals surface area contributed by atoms with Crippen LogP contribution < -0.4 is 0 Å². The van der Waals surface area contributed by atoms with Crippen molar-refractivity contribution in [3.8, 4) is 0 Å². The molecule has 0 heterocycles. The van der Waals surface area contributed by atoms with Crippen molar-refractivity contribution in [1.82, 2.24) is 0 Å². The number of rotatable bonds is 2. The Labute approximate surface area is 70.5 Å². The van der Waals surface area contributed by atoms with Gasteiger partial charge in [-0.25, -0.2) is 4.57 Å². The molecule has 0 bridgehead atoms. The molecule has 0 unspecified atom stereocenters. The van der Waals surface area contributed by atoms with Crippen molar-refractivity contribution in [2.45, 2.75) is 37.4 Å². The Morgan fingerprint density at radius 1 is 1.18 bits per heavy atom. The molecule has 0 amide bonds. The third-order valence-electron chi connectivity index (χ3n) is 1.84. The van der Waals surface area contributed by atoms with Gasteiger partial charge in [-0.15, -0.1) is 0 Å². The summed E-state index contributed by atoms with van der Waals surface area (Å²) >= 11 is 0.844. The molecule has 2 N–H and O–H groups in total. The molecule has 1 aliphatic carbocycles. The lowest BCUT2D eigenvalue weighted by molar-refractivity contribution is 0.396. The summed E-state index contributed by atoms with van der Waals surface area (Å²) in [7, 11) is 0. The standard InChI is InChI=1S/C6H13O3PS/c7-10(8,9)11-6-4-2-1-3-5-6/h6H,1-5H2,(H2,7,8,9). The summed E-state index contributed by atoms with van der Waals surface area (Å²) in [5, 5.41) is 0.199. The maximum atomic E-state index is 10.6. The van der Waals surface area contributed by atoms with E-state index in [0.717, 1.165) is 37.1 Å². The molecule has 0 aromatic heterocycles. The van der Waals surface area contributed by atoms with Gasteiger partial charge in [-0.05, 0) is 24.2 Å². The molecule has 0 spiro atoms. The SMILES string of the molecule is O=P(O)(O)SC1CCCCC1. The quantitative estimate of drug-likeness (QED) is 0.664. The molecule has 5 heteroatoms. The summed E-state index contributed by atoms with van der Waals surface area (Å²) in [6, 6.07) is 0. The van der Waals surface area contributed by atoms with Gasteiger partial charge in [0.2, 0.25) is 0 Å². The van der Waals surface area contributed by atoms with Crippen LogP contribution in [0.15, 0.2) is 0 Å². The minimum Gasteiger partial charge on any atom is -0.317 e. The molecule has 0 saturated heterocycles. The maximum Gasteiger partial charge on any atom is 0.384 e. The van der Waals surface area contributed by atoms with Crippen molar-refractivity contribution in [3.05, 3.63) is 0 Å². The lowest BCUT2D eigenvalue weighted by Gasteiger charge is -2.20. The predicted molar refractivity (Wildman–Crippen MR) is 46.5 cm³/mol. The zero-order chi connectivity index (χ0) is 8.32. The van der Waals surface area contributed by atoms with E-state index in [1.54, 1.807) is 0 Å². The van der Waals surface area contributed by atoms with Crippen LogP contribution in [0.3, 0.4) is 0 Å². The molecule has 1 saturated carbocycles. The largest absolute Gasteiger partial charge is 0.384 e. The van der Waals surface area contributed by atoms with Crippen LogP contribution in [0.4, 0.5) is 0 Å². The summed E-state index contributed by atoms with van der Waals surface area (Å²) in [6.07, 6.45) is 5.40. The Hall–Kier alpha value is 0.500. The molecule has 0 radical (unpaired) electrons. The molecule has 66 valence electrons. The van der Waals surface area contributed by atoms with Crippen LogP contribution in [-0.4, -0.2) is 15.0 Å². The van der Waals surface area contributed by atoms with Gasteiger partial charge in [0.25, 0.3) is 0 Å². The van der Waals surface area contributed by atoms with Crippen LogP contribution in [0.2, 0.25) is 0 Å². The summed E-state index contributed by atoms with van der Waals surface area (Å²) in [4.78, 5) is 17.3. The minimum absolute atomic E-state index is 0.199. The first-order valence-electron chi connectivity index (χ1n) is 3.82. The van der Waals surface area contributed by atoms with Crippen LogP contribution in [0.1, 0.15) is 32.1 Å². The Morgan fingerprint density at radius 2 is 1.73 bits per heavy atom. The molecule has 0 aromatic carbocycles. The van der Waals surface area contributed by atoms with Crippen molar-refractivity contribution in [2.75, 3.05) is 0 Å². The van der Waals surface area contributed by atoms with Crippen molar-refractivity contribution < 1.29 is 14.4 Å². The Kier molecular flexibility index (Phi) is 3.44. The third kappa shape index (κ3) is 4.16. The van der Waals surface area contributed by atoms with Gasteiger partial charge in [0.1, 0.15) is 0 Å². The van der Waals surface area contributed by atoms with E-state index in [1.807, 2.05) is 0 Å². The fraction of sp³-hybridized carbons (Fsp3) is 1.00. The van der Waals surface area contributed by atoms with E-state index in [4.69, 9.17) is 9.79 Å². The Bertz CT molecular complexity index is 161. The number of hydrogen-bond donors (Lipinski definition) is 2. The minimum atomic E-state index is -3.82. The molecular formula is C6H13O3PS. The normalized spacial score (nSPS) is 22.0. The molecule has 0 aliphatic heterocycles. The zero-order valence-electron chi connectivity index (χ0n) is 6.27. The van der Waals surface area contributed by atoms with Crippen molar-refractivity contribution in [1.29, 1.82) is 0 Å². The maximum absolute atomic E-state index is 10.6. The van der Waals surface area contributed by atoms with Gasteiger partial charge in [0.15, 0.2) is 0 Å². The van der Waals surface area contributed by atoms with Crippen molar-refractivity contribution in [2.24, 2.45) is 0 Å². The second kappa shape index (κ2) is 3.94. The lowest BCUT2D eigenvalue weighted by Crippen LogP contribution is -2.07. The van der Waals surface area contributed by atoms with E-state index in [-0.39, 0.29) is 5.25 Å². The molecule has 1 rings (SSSR count). The topological polar surface area (TPSA) is 57.5 Å². The predicted octanol–water partition coefficient (Wildman–Crippen LogP) is 2.14. The van der Waals surface area contributed by atoms with Gasteiger partial charge < -0.3 is 9.79 Å². The van der Waals surface area contributed by atoms with Gasteiger partial charge in [-0.2, -0.15) is 0 Å². The Morgan fingerprint density at radius 3 is 2.18 bits per heavy atom. The van der Waals surface area contributed by atoms with Crippen LogP contribution in [0, 0.1) is 0 Å². The zero-order valence-corrected chi connectivity index (χ0v) is 7.98. The van der Waals surface area contributed by atoms with Crippen LogP contribution >= 0.6 is 18.2 Å². The highest BCUT2D eigenvalue weighted by Crippen LogP contribution is 2.55. The lowest BCUT2D eigenvalue weighted by atomic mass is 10.0. The van der Waals surface area contributed by atoms with Crippen molar-refractivity contribution in [3.63, 3.8) is 0 Å². The third-order valence-corrected chi connectivity index (χ3v) is 4.60. The van der Waals surface area contributed by atoms with Gasteiger partial charge in [-0.1, -0.05) is 19.3 Å². The fourth-order valence-electron chi connectivity index (χ4n) is 1.36. The summed E-state index contributed by atoms with van der Waals surface area (Å²) in [6.45, 7) is -3.82. The summed E-state index contributed by atoms with van der Waals surface area (Å²) < 4.78 is 10.6. The first-order chi connectivity index (χ1) is 5.08. The fourth-order valence-corrected chi connectivity index (χ4v) is 4.09. The molecule has 11 heavy (non-hydrogen) atoms.